The first-order valence-electron chi connectivity index (χ1n) is 10.6. The van der Waals surface area contributed by atoms with Crippen molar-refractivity contribution in [1.29, 1.82) is 0 Å². The van der Waals surface area contributed by atoms with Crippen LogP contribution in [0.15, 0.2) is 58.3 Å². The van der Waals surface area contributed by atoms with Gasteiger partial charge in [-0.3, -0.25) is 4.79 Å². The lowest BCUT2D eigenvalue weighted by Crippen LogP contribution is -2.35. The van der Waals surface area contributed by atoms with Crippen LogP contribution in [-0.4, -0.2) is 32.6 Å². The van der Waals surface area contributed by atoms with Gasteiger partial charge in [-0.15, -0.1) is 11.3 Å². The zero-order valence-corrected chi connectivity index (χ0v) is 19.5. The second-order valence-electron chi connectivity index (χ2n) is 7.87. The number of esters is 1. The Labute approximate surface area is 191 Å². The van der Waals surface area contributed by atoms with Crippen LogP contribution in [0.4, 0.5) is 0 Å². The van der Waals surface area contributed by atoms with E-state index in [4.69, 9.17) is 14.2 Å². The molecule has 7 heteroatoms. The number of ether oxygens (including phenoxy) is 3. The van der Waals surface area contributed by atoms with Gasteiger partial charge in [0.05, 0.1) is 32.3 Å². The fourth-order valence-electron chi connectivity index (χ4n) is 4.61. The number of carbonyl (C=O) groups excluding carboxylic acids is 2. The SMILES string of the molecule is CCOc1ccc([C@H]2CC(=O)C3=C(C2)NC(C)=C(C(=O)OC)[C@@H]3c2cccs2)cc1OC. The molecule has 0 saturated heterocycles. The minimum atomic E-state index is -0.411. The molecular weight excluding hydrogens is 426 g/mol. The minimum absolute atomic E-state index is 0.00906. The maximum atomic E-state index is 13.5. The fourth-order valence-corrected chi connectivity index (χ4v) is 5.45. The molecular formula is C25H27NO5S. The lowest BCUT2D eigenvalue weighted by atomic mass is 9.73. The van der Waals surface area contributed by atoms with Crippen LogP contribution in [0.3, 0.4) is 0 Å². The van der Waals surface area contributed by atoms with Gasteiger partial charge in [0.1, 0.15) is 0 Å². The van der Waals surface area contributed by atoms with Crippen molar-refractivity contribution < 1.29 is 23.8 Å². The molecule has 168 valence electrons. The molecule has 2 aliphatic rings. The lowest BCUT2D eigenvalue weighted by Gasteiger charge is -2.36. The molecule has 0 saturated carbocycles. The molecule has 0 radical (unpaired) electrons. The molecule has 2 aromatic rings. The largest absolute Gasteiger partial charge is 0.493 e. The van der Waals surface area contributed by atoms with Crippen molar-refractivity contribution >= 4 is 23.1 Å². The van der Waals surface area contributed by atoms with E-state index in [9.17, 15) is 9.59 Å². The van der Waals surface area contributed by atoms with Crippen molar-refractivity contribution in [1.82, 2.24) is 5.32 Å². The molecule has 1 aliphatic carbocycles. The van der Waals surface area contributed by atoms with Crippen molar-refractivity contribution in [3.63, 3.8) is 0 Å². The topological polar surface area (TPSA) is 73.9 Å². The maximum Gasteiger partial charge on any atom is 0.336 e. The van der Waals surface area contributed by atoms with Crippen LogP contribution < -0.4 is 14.8 Å². The number of rotatable bonds is 6. The van der Waals surface area contributed by atoms with E-state index in [1.165, 1.54) is 7.11 Å². The first-order valence-corrected chi connectivity index (χ1v) is 11.5. The Morgan fingerprint density at radius 1 is 1.19 bits per heavy atom. The summed E-state index contributed by atoms with van der Waals surface area (Å²) in [7, 11) is 2.99. The number of Topliss-reactive ketones (excluding diaryl/α,β-unsaturated/α-hetero) is 1. The molecule has 6 nitrogen and oxygen atoms in total. The standard InChI is InChI=1S/C25H27NO5S/c1-5-31-19-9-8-15(13-20(19)29-3)16-11-17-23(18(27)12-16)24(21-7-6-10-32-21)22(14(2)26-17)25(28)30-4/h6-10,13,16,24,26H,5,11-12H2,1-4H3/t16-,24+/m1/s1. The first-order chi connectivity index (χ1) is 15.5. The number of thiophene rings is 1. The van der Waals surface area contributed by atoms with E-state index in [0.29, 0.717) is 42.1 Å². The summed E-state index contributed by atoms with van der Waals surface area (Å²) >= 11 is 1.54. The normalized spacial score (nSPS) is 20.6. The Morgan fingerprint density at radius 3 is 2.66 bits per heavy atom. The average Bonchev–Trinajstić information content (AvgIpc) is 3.32. The van der Waals surface area contributed by atoms with Crippen molar-refractivity contribution in [3.05, 3.63) is 68.7 Å². The summed E-state index contributed by atoms with van der Waals surface area (Å²) in [6, 6.07) is 9.76. The molecule has 2 heterocycles. The number of methoxy groups -OCH3 is 2. The first kappa shape index (κ1) is 22.1. The van der Waals surface area contributed by atoms with Crippen molar-refractivity contribution in [2.24, 2.45) is 0 Å². The quantitative estimate of drug-likeness (QED) is 0.640. The van der Waals surface area contributed by atoms with Gasteiger partial charge in [-0.1, -0.05) is 12.1 Å². The van der Waals surface area contributed by atoms with Gasteiger partial charge in [0, 0.05) is 28.3 Å². The van der Waals surface area contributed by atoms with Gasteiger partial charge in [-0.2, -0.15) is 0 Å². The van der Waals surface area contributed by atoms with Crippen LogP contribution in [0, 0.1) is 0 Å². The smallest absolute Gasteiger partial charge is 0.336 e. The van der Waals surface area contributed by atoms with E-state index in [1.807, 2.05) is 49.6 Å². The number of allylic oxidation sites excluding steroid dienone is 3. The predicted octanol–water partition coefficient (Wildman–Crippen LogP) is 4.69. The van der Waals surface area contributed by atoms with Crippen molar-refractivity contribution in [2.45, 2.75) is 38.5 Å². The molecule has 0 unspecified atom stereocenters. The average molecular weight is 454 g/mol. The summed E-state index contributed by atoms with van der Waals surface area (Å²) in [5.41, 5.74) is 3.81. The van der Waals surface area contributed by atoms with E-state index < -0.39 is 11.9 Å². The number of benzene rings is 1. The Kier molecular flexibility index (Phi) is 6.37. The second kappa shape index (κ2) is 9.20. The second-order valence-corrected chi connectivity index (χ2v) is 8.85. The van der Waals surface area contributed by atoms with Crippen LogP contribution in [0.5, 0.6) is 11.5 Å². The molecule has 0 fully saturated rings. The van der Waals surface area contributed by atoms with Gasteiger partial charge in [0.15, 0.2) is 17.3 Å². The summed E-state index contributed by atoms with van der Waals surface area (Å²) < 4.78 is 16.2. The molecule has 1 aromatic heterocycles. The minimum Gasteiger partial charge on any atom is -0.493 e. The highest BCUT2D eigenvalue weighted by molar-refractivity contribution is 7.10. The Morgan fingerprint density at radius 2 is 2.00 bits per heavy atom. The molecule has 1 aliphatic heterocycles. The van der Waals surface area contributed by atoms with Crippen molar-refractivity contribution in [2.75, 3.05) is 20.8 Å². The third-order valence-corrected chi connectivity index (χ3v) is 6.96. The van der Waals surface area contributed by atoms with Gasteiger partial charge in [-0.05, 0) is 55.3 Å². The van der Waals surface area contributed by atoms with Crippen LogP contribution in [0.25, 0.3) is 0 Å². The molecule has 2 atom stereocenters. The van der Waals surface area contributed by atoms with E-state index >= 15 is 0 Å². The number of dihydropyridines is 1. The number of ketones is 1. The Balaban J connectivity index is 1.72. The molecule has 0 spiro atoms. The molecule has 4 rings (SSSR count). The zero-order chi connectivity index (χ0) is 22.8. The van der Waals surface area contributed by atoms with Crippen LogP contribution >= 0.6 is 11.3 Å². The number of nitrogens with one attached hydrogen (secondary N) is 1. The molecule has 32 heavy (non-hydrogen) atoms. The van der Waals surface area contributed by atoms with Crippen molar-refractivity contribution in [3.8, 4) is 11.5 Å². The van der Waals surface area contributed by atoms with Gasteiger partial charge in [-0.25, -0.2) is 4.79 Å². The van der Waals surface area contributed by atoms with Gasteiger partial charge < -0.3 is 19.5 Å². The van der Waals surface area contributed by atoms with Gasteiger partial charge in [0.2, 0.25) is 0 Å². The summed E-state index contributed by atoms with van der Waals surface area (Å²) in [6.07, 6.45) is 1.04. The van der Waals surface area contributed by atoms with E-state index in [0.717, 1.165) is 21.8 Å². The van der Waals surface area contributed by atoms with E-state index in [2.05, 4.69) is 5.32 Å². The summed E-state index contributed by atoms with van der Waals surface area (Å²) in [5, 5.41) is 5.31. The predicted molar refractivity (Wildman–Crippen MR) is 123 cm³/mol. The summed E-state index contributed by atoms with van der Waals surface area (Å²) in [4.78, 5) is 27.1. The highest BCUT2D eigenvalue weighted by Gasteiger charge is 2.41. The lowest BCUT2D eigenvalue weighted by molar-refractivity contribution is -0.136. The van der Waals surface area contributed by atoms with E-state index in [1.54, 1.807) is 18.4 Å². The highest BCUT2D eigenvalue weighted by atomic mass is 32.1. The molecule has 1 aromatic carbocycles. The fraction of sp³-hybridized carbons (Fsp3) is 0.360. The summed E-state index contributed by atoms with van der Waals surface area (Å²) in [6.45, 7) is 4.35. The molecule has 0 bridgehead atoms. The Bertz CT molecular complexity index is 1100. The van der Waals surface area contributed by atoms with Crippen LogP contribution in [0.2, 0.25) is 0 Å². The number of hydrogen-bond donors (Lipinski definition) is 1. The monoisotopic (exact) mass is 453 g/mol. The molecule has 0 amide bonds. The third-order valence-electron chi connectivity index (χ3n) is 6.02. The van der Waals surface area contributed by atoms with E-state index in [-0.39, 0.29) is 11.7 Å². The third kappa shape index (κ3) is 3.93. The maximum absolute atomic E-state index is 13.5. The van der Waals surface area contributed by atoms with Gasteiger partial charge in [0.25, 0.3) is 0 Å². The summed E-state index contributed by atoms with van der Waals surface area (Å²) in [5.74, 6) is 0.594. The van der Waals surface area contributed by atoms with Gasteiger partial charge >= 0.3 is 5.97 Å². The Hall–Kier alpha value is -3.06. The highest BCUT2D eigenvalue weighted by Crippen LogP contribution is 2.47. The number of hydrogen-bond acceptors (Lipinski definition) is 7. The van der Waals surface area contributed by atoms with Crippen LogP contribution in [-0.2, 0) is 14.3 Å². The number of carbonyl (C=O) groups is 2. The molecule has 1 N–H and O–H groups in total. The zero-order valence-electron chi connectivity index (χ0n) is 18.7. The van der Waals surface area contributed by atoms with Crippen LogP contribution in [0.1, 0.15) is 49.0 Å².